The van der Waals surface area contributed by atoms with Crippen LogP contribution in [0.15, 0.2) is 54.6 Å². The summed E-state index contributed by atoms with van der Waals surface area (Å²) in [4.78, 5) is 38.7. The minimum atomic E-state index is -1.01. The molecule has 0 bridgehead atoms. The first-order valence-electron chi connectivity index (χ1n) is 10.4. The first kappa shape index (κ1) is 21.6. The van der Waals surface area contributed by atoms with Crippen LogP contribution in [0.5, 0.6) is 0 Å². The Morgan fingerprint density at radius 3 is 2.40 bits per heavy atom. The van der Waals surface area contributed by atoms with E-state index in [4.69, 9.17) is 0 Å². The molecule has 1 heterocycles. The Balaban J connectivity index is 1.58. The van der Waals surface area contributed by atoms with Crippen LogP contribution in [-0.2, 0) is 16.0 Å². The fraction of sp³-hybridized carbons (Fsp3) is 0.375. The SMILES string of the molecule is CC[C@H](C)c1ccc(NC(=O)CN2C(=O)N[C@](C)(CCc3ccccc3)C2=O)cc1. The third kappa shape index (κ3) is 4.87. The molecule has 6 heteroatoms. The van der Waals surface area contributed by atoms with Gasteiger partial charge < -0.3 is 10.6 Å². The molecule has 0 radical (unpaired) electrons. The Bertz CT molecular complexity index is 911. The van der Waals surface area contributed by atoms with Crippen LogP contribution in [-0.4, -0.2) is 34.8 Å². The van der Waals surface area contributed by atoms with Crippen LogP contribution >= 0.6 is 0 Å². The predicted octanol–water partition coefficient (Wildman–Crippen LogP) is 4.08. The van der Waals surface area contributed by atoms with Crippen LogP contribution in [0.25, 0.3) is 0 Å². The molecule has 2 aromatic rings. The molecule has 0 aliphatic carbocycles. The van der Waals surface area contributed by atoms with Gasteiger partial charge in [-0.3, -0.25) is 14.5 Å². The van der Waals surface area contributed by atoms with E-state index < -0.39 is 17.5 Å². The van der Waals surface area contributed by atoms with Crippen LogP contribution in [0.2, 0.25) is 0 Å². The standard InChI is InChI=1S/C24H29N3O3/c1-4-17(2)19-10-12-20(13-11-19)25-21(28)16-27-22(29)24(3,26-23(27)30)15-14-18-8-6-5-7-9-18/h5-13,17H,4,14-16H2,1-3H3,(H,25,28)(H,26,30)/t17-,24+/m0/s1. The molecular formula is C24H29N3O3. The highest BCUT2D eigenvalue weighted by Gasteiger charge is 2.47. The second-order valence-electron chi connectivity index (χ2n) is 8.12. The van der Waals surface area contributed by atoms with Crippen LogP contribution in [0.1, 0.15) is 50.7 Å². The lowest BCUT2D eigenvalue weighted by molar-refractivity contribution is -0.133. The number of urea groups is 1. The van der Waals surface area contributed by atoms with Crippen LogP contribution in [0, 0.1) is 0 Å². The number of nitrogens with one attached hydrogen (secondary N) is 2. The van der Waals surface area contributed by atoms with Gasteiger partial charge in [0.15, 0.2) is 0 Å². The number of benzene rings is 2. The van der Waals surface area contributed by atoms with Crippen LogP contribution < -0.4 is 10.6 Å². The summed E-state index contributed by atoms with van der Waals surface area (Å²) >= 11 is 0. The Kier molecular flexibility index (Phi) is 6.55. The molecule has 0 unspecified atom stereocenters. The summed E-state index contributed by atoms with van der Waals surface area (Å²) in [5, 5.41) is 5.52. The number of anilines is 1. The minimum absolute atomic E-state index is 0.307. The van der Waals surface area contributed by atoms with Gasteiger partial charge in [-0.25, -0.2) is 4.79 Å². The number of aryl methyl sites for hydroxylation is 1. The average molecular weight is 408 g/mol. The van der Waals surface area contributed by atoms with Gasteiger partial charge in [0.05, 0.1) is 0 Å². The maximum Gasteiger partial charge on any atom is 0.325 e. The number of rotatable bonds is 8. The summed E-state index contributed by atoms with van der Waals surface area (Å²) in [6, 6.07) is 16.9. The number of hydrogen-bond donors (Lipinski definition) is 2. The minimum Gasteiger partial charge on any atom is -0.325 e. The van der Waals surface area contributed by atoms with Crippen LogP contribution in [0.4, 0.5) is 10.5 Å². The van der Waals surface area contributed by atoms with Crippen molar-refractivity contribution >= 4 is 23.5 Å². The number of amides is 4. The lowest BCUT2D eigenvalue weighted by atomic mass is 9.93. The molecule has 2 aromatic carbocycles. The van der Waals surface area contributed by atoms with E-state index in [0.717, 1.165) is 16.9 Å². The molecule has 1 saturated heterocycles. The van der Waals surface area contributed by atoms with Crippen molar-refractivity contribution in [2.24, 2.45) is 0 Å². The van der Waals surface area contributed by atoms with Crippen molar-refractivity contribution in [1.82, 2.24) is 10.2 Å². The van der Waals surface area contributed by atoms with Gasteiger partial charge in [0.25, 0.3) is 5.91 Å². The zero-order chi connectivity index (χ0) is 21.7. The van der Waals surface area contributed by atoms with Crippen molar-refractivity contribution in [2.45, 2.75) is 51.5 Å². The summed E-state index contributed by atoms with van der Waals surface area (Å²) in [7, 11) is 0. The van der Waals surface area contributed by atoms with E-state index in [1.54, 1.807) is 6.92 Å². The second kappa shape index (κ2) is 9.11. The Hall–Kier alpha value is -3.15. The normalized spacial score (nSPS) is 19.5. The molecular weight excluding hydrogens is 378 g/mol. The predicted molar refractivity (Wildman–Crippen MR) is 117 cm³/mol. The van der Waals surface area contributed by atoms with Gasteiger partial charge in [-0.05, 0) is 55.4 Å². The summed E-state index contributed by atoms with van der Waals surface area (Å²) in [6.45, 7) is 5.69. The van der Waals surface area contributed by atoms with Crippen molar-refractivity contribution in [2.75, 3.05) is 11.9 Å². The van der Waals surface area contributed by atoms with E-state index in [-0.39, 0.29) is 12.5 Å². The highest BCUT2D eigenvalue weighted by Crippen LogP contribution is 2.24. The molecule has 1 aliphatic heterocycles. The zero-order valence-electron chi connectivity index (χ0n) is 17.8. The molecule has 0 saturated carbocycles. The van der Waals surface area contributed by atoms with Gasteiger partial charge in [0, 0.05) is 5.69 Å². The molecule has 2 N–H and O–H groups in total. The first-order valence-corrected chi connectivity index (χ1v) is 10.4. The van der Waals surface area contributed by atoms with E-state index in [1.807, 2.05) is 54.6 Å². The summed E-state index contributed by atoms with van der Waals surface area (Å²) < 4.78 is 0. The molecule has 1 aliphatic rings. The third-order valence-electron chi connectivity index (χ3n) is 5.78. The molecule has 0 aromatic heterocycles. The molecule has 4 amide bonds. The number of nitrogens with zero attached hydrogens (tertiary/aromatic N) is 1. The third-order valence-corrected chi connectivity index (χ3v) is 5.78. The van der Waals surface area contributed by atoms with E-state index in [0.29, 0.717) is 24.4 Å². The fourth-order valence-electron chi connectivity index (χ4n) is 3.57. The number of carbonyl (C=O) groups excluding carboxylic acids is 3. The van der Waals surface area contributed by atoms with Gasteiger partial charge in [0.2, 0.25) is 5.91 Å². The summed E-state index contributed by atoms with van der Waals surface area (Å²) in [6.07, 6.45) is 2.17. The topological polar surface area (TPSA) is 78.5 Å². The maximum atomic E-state index is 12.9. The Morgan fingerprint density at radius 2 is 1.77 bits per heavy atom. The lowest BCUT2D eigenvalue weighted by Crippen LogP contribution is -2.45. The quantitative estimate of drug-likeness (QED) is 0.647. The largest absolute Gasteiger partial charge is 0.325 e. The van der Waals surface area contributed by atoms with Crippen molar-refractivity contribution in [3.63, 3.8) is 0 Å². The molecule has 6 nitrogen and oxygen atoms in total. The second-order valence-corrected chi connectivity index (χ2v) is 8.12. The van der Waals surface area contributed by atoms with Crippen LogP contribution in [0.3, 0.4) is 0 Å². The van der Waals surface area contributed by atoms with Gasteiger partial charge in [-0.1, -0.05) is 56.3 Å². The van der Waals surface area contributed by atoms with Crippen molar-refractivity contribution in [3.05, 3.63) is 65.7 Å². The molecule has 2 atom stereocenters. The molecule has 0 spiro atoms. The van der Waals surface area contributed by atoms with Crippen molar-refractivity contribution < 1.29 is 14.4 Å². The molecule has 1 fully saturated rings. The van der Waals surface area contributed by atoms with E-state index >= 15 is 0 Å². The van der Waals surface area contributed by atoms with E-state index in [2.05, 4.69) is 24.5 Å². The Morgan fingerprint density at radius 1 is 1.10 bits per heavy atom. The fourth-order valence-corrected chi connectivity index (χ4v) is 3.57. The van der Waals surface area contributed by atoms with Crippen molar-refractivity contribution in [3.8, 4) is 0 Å². The van der Waals surface area contributed by atoms with Gasteiger partial charge in [0.1, 0.15) is 12.1 Å². The van der Waals surface area contributed by atoms with Gasteiger partial charge in [-0.15, -0.1) is 0 Å². The number of carbonyl (C=O) groups is 3. The van der Waals surface area contributed by atoms with Crippen molar-refractivity contribution in [1.29, 1.82) is 0 Å². The van der Waals surface area contributed by atoms with E-state index in [1.165, 1.54) is 5.56 Å². The first-order chi connectivity index (χ1) is 14.3. The highest BCUT2D eigenvalue weighted by molar-refractivity contribution is 6.09. The molecule has 3 rings (SSSR count). The molecule has 158 valence electrons. The van der Waals surface area contributed by atoms with E-state index in [9.17, 15) is 14.4 Å². The van der Waals surface area contributed by atoms with Gasteiger partial charge >= 0.3 is 6.03 Å². The van der Waals surface area contributed by atoms with Gasteiger partial charge in [-0.2, -0.15) is 0 Å². The smallest absolute Gasteiger partial charge is 0.325 e. The summed E-state index contributed by atoms with van der Waals surface area (Å²) in [5.41, 5.74) is 1.94. The number of imide groups is 1. The summed E-state index contributed by atoms with van der Waals surface area (Å²) in [5.74, 6) is -0.318. The monoisotopic (exact) mass is 407 g/mol. The average Bonchev–Trinajstić information content (AvgIpc) is 2.96. The highest BCUT2D eigenvalue weighted by atomic mass is 16.2. The maximum absolute atomic E-state index is 12.9. The molecule has 30 heavy (non-hydrogen) atoms. The zero-order valence-corrected chi connectivity index (χ0v) is 17.8. The lowest BCUT2D eigenvalue weighted by Gasteiger charge is -2.21. The Labute approximate surface area is 177 Å². The number of hydrogen-bond acceptors (Lipinski definition) is 3.